The van der Waals surface area contributed by atoms with Crippen LogP contribution in [0.25, 0.3) is 28.0 Å². The molecule has 0 spiro atoms. The number of nitrogens with zero attached hydrogens (tertiary/aromatic N) is 2. The third-order valence-corrected chi connectivity index (χ3v) is 7.51. The Morgan fingerprint density at radius 2 is 1.19 bits per heavy atom. The summed E-state index contributed by atoms with van der Waals surface area (Å²) < 4.78 is 0. The summed E-state index contributed by atoms with van der Waals surface area (Å²) in [6.07, 6.45) is 3.82. The van der Waals surface area contributed by atoms with Crippen LogP contribution in [0.2, 0.25) is 0 Å². The minimum atomic E-state index is 0.374. The summed E-state index contributed by atoms with van der Waals surface area (Å²) in [7, 11) is 0. The van der Waals surface area contributed by atoms with Gasteiger partial charge in [-0.1, -0.05) is 103 Å². The standard InChI is InChI=1S/C38H28N4/c39-36-24-22-29-20-19-28-21-23-34(26-35(28)37(29)38(36)41-40-31-14-6-2-7-15-31)42(32-16-8-3-9-17-32)33-18-10-13-30(25-33)27-11-4-1-5-12-27/h1-26,39-40H/b39-36?,41-38+. The second kappa shape index (κ2) is 11.0. The van der Waals surface area contributed by atoms with Crippen LogP contribution in [0.5, 0.6) is 0 Å². The van der Waals surface area contributed by atoms with E-state index in [-0.39, 0.29) is 0 Å². The smallest absolute Gasteiger partial charge is 0.117 e. The molecule has 0 bridgehead atoms. The predicted molar refractivity (Wildman–Crippen MR) is 177 cm³/mol. The lowest BCUT2D eigenvalue weighted by Crippen LogP contribution is -2.19. The molecule has 0 aliphatic heterocycles. The topological polar surface area (TPSA) is 51.5 Å². The minimum absolute atomic E-state index is 0.374. The lowest BCUT2D eigenvalue weighted by atomic mass is 9.89. The summed E-state index contributed by atoms with van der Waals surface area (Å²) in [6, 6.07) is 50.2. The van der Waals surface area contributed by atoms with E-state index in [9.17, 15) is 0 Å². The van der Waals surface area contributed by atoms with Gasteiger partial charge in [0.15, 0.2) is 0 Å². The average Bonchev–Trinajstić information content (AvgIpc) is 3.06. The summed E-state index contributed by atoms with van der Waals surface area (Å²) in [5.41, 5.74) is 12.5. The normalized spacial score (nSPS) is 13.2. The van der Waals surface area contributed by atoms with Crippen molar-refractivity contribution < 1.29 is 0 Å². The Labute approximate surface area is 245 Å². The molecule has 42 heavy (non-hydrogen) atoms. The summed E-state index contributed by atoms with van der Waals surface area (Å²) in [5, 5.41) is 15.6. The van der Waals surface area contributed by atoms with Crippen molar-refractivity contribution in [1.29, 1.82) is 5.41 Å². The fraction of sp³-hybridized carbons (Fsp3) is 0. The molecule has 1 aliphatic carbocycles. The Balaban J connectivity index is 1.39. The third kappa shape index (κ3) is 4.87. The van der Waals surface area contributed by atoms with Gasteiger partial charge < -0.3 is 4.90 Å². The zero-order valence-corrected chi connectivity index (χ0v) is 22.9. The summed E-state index contributed by atoms with van der Waals surface area (Å²) >= 11 is 0. The molecule has 4 nitrogen and oxygen atoms in total. The minimum Gasteiger partial charge on any atom is -0.310 e. The van der Waals surface area contributed by atoms with Crippen LogP contribution in [0, 0.1) is 5.41 Å². The highest BCUT2D eigenvalue weighted by molar-refractivity contribution is 6.55. The molecule has 6 aromatic rings. The van der Waals surface area contributed by atoms with E-state index in [2.05, 4.69) is 113 Å². The number of anilines is 4. The molecular formula is C38H28N4. The predicted octanol–water partition coefficient (Wildman–Crippen LogP) is 9.84. The number of hydrogen-bond acceptors (Lipinski definition) is 4. The van der Waals surface area contributed by atoms with Crippen LogP contribution >= 0.6 is 0 Å². The van der Waals surface area contributed by atoms with Crippen LogP contribution < -0.4 is 10.3 Å². The monoisotopic (exact) mass is 540 g/mol. The van der Waals surface area contributed by atoms with Crippen LogP contribution in [-0.4, -0.2) is 11.4 Å². The number of hydrazone groups is 1. The van der Waals surface area contributed by atoms with E-state index < -0.39 is 0 Å². The van der Waals surface area contributed by atoms with E-state index in [0.717, 1.165) is 50.2 Å². The van der Waals surface area contributed by atoms with Crippen molar-refractivity contribution >= 4 is 51.0 Å². The van der Waals surface area contributed by atoms with Crippen molar-refractivity contribution in [2.75, 3.05) is 10.3 Å². The zero-order chi connectivity index (χ0) is 28.3. The fourth-order valence-electron chi connectivity index (χ4n) is 5.48. The van der Waals surface area contributed by atoms with Crippen molar-refractivity contribution in [3.05, 3.63) is 163 Å². The molecule has 0 amide bonds. The van der Waals surface area contributed by atoms with E-state index in [1.807, 2.05) is 54.6 Å². The fourth-order valence-corrected chi connectivity index (χ4v) is 5.48. The quantitative estimate of drug-likeness (QED) is 0.207. The maximum Gasteiger partial charge on any atom is 0.117 e. The molecule has 7 rings (SSSR count). The maximum absolute atomic E-state index is 8.76. The van der Waals surface area contributed by atoms with Crippen molar-refractivity contribution in [2.24, 2.45) is 5.10 Å². The molecular weight excluding hydrogens is 512 g/mol. The van der Waals surface area contributed by atoms with Gasteiger partial charge in [-0.25, -0.2) is 0 Å². The van der Waals surface area contributed by atoms with Crippen LogP contribution in [0.4, 0.5) is 22.7 Å². The highest BCUT2D eigenvalue weighted by Gasteiger charge is 2.21. The van der Waals surface area contributed by atoms with Crippen molar-refractivity contribution in [2.45, 2.75) is 0 Å². The van der Waals surface area contributed by atoms with Crippen LogP contribution in [0.15, 0.2) is 157 Å². The molecule has 0 saturated heterocycles. The summed E-state index contributed by atoms with van der Waals surface area (Å²) in [5.74, 6) is 0. The molecule has 2 N–H and O–H groups in total. The molecule has 0 fully saturated rings. The van der Waals surface area contributed by atoms with Gasteiger partial charge in [0.25, 0.3) is 0 Å². The molecule has 0 saturated carbocycles. The highest BCUT2D eigenvalue weighted by atomic mass is 15.3. The number of nitrogens with one attached hydrogen (secondary N) is 2. The van der Waals surface area contributed by atoms with Crippen molar-refractivity contribution in [3.63, 3.8) is 0 Å². The van der Waals surface area contributed by atoms with Crippen molar-refractivity contribution in [3.8, 4) is 11.1 Å². The van der Waals surface area contributed by atoms with E-state index in [0.29, 0.717) is 11.4 Å². The molecule has 4 heteroatoms. The Morgan fingerprint density at radius 1 is 0.548 bits per heavy atom. The van der Waals surface area contributed by atoms with E-state index in [1.54, 1.807) is 0 Å². The molecule has 1 aliphatic rings. The second-order valence-electron chi connectivity index (χ2n) is 10.2. The third-order valence-electron chi connectivity index (χ3n) is 7.51. The number of hydrogen-bond donors (Lipinski definition) is 2. The molecule has 6 aromatic carbocycles. The SMILES string of the molecule is N=C1C=Cc2ccc3ccc(N(c4ccccc4)c4cccc(-c5ccccc5)c4)cc3c2/C1=N/Nc1ccccc1. The van der Waals surface area contributed by atoms with Gasteiger partial charge >= 0.3 is 0 Å². The zero-order valence-electron chi connectivity index (χ0n) is 22.9. The van der Waals surface area contributed by atoms with Crippen LogP contribution in [0.3, 0.4) is 0 Å². The van der Waals surface area contributed by atoms with Gasteiger partial charge in [0.05, 0.1) is 11.4 Å². The number of benzene rings is 6. The highest BCUT2D eigenvalue weighted by Crippen LogP contribution is 2.39. The van der Waals surface area contributed by atoms with Gasteiger partial charge in [-0.2, -0.15) is 5.10 Å². The molecule has 0 aromatic heterocycles. The van der Waals surface area contributed by atoms with Gasteiger partial charge in [-0.05, 0) is 82.1 Å². The number of rotatable bonds is 6. The van der Waals surface area contributed by atoms with E-state index >= 15 is 0 Å². The van der Waals surface area contributed by atoms with E-state index in [1.165, 1.54) is 5.56 Å². The Kier molecular flexibility index (Phi) is 6.63. The van der Waals surface area contributed by atoms with Gasteiger partial charge in [0, 0.05) is 22.6 Å². The van der Waals surface area contributed by atoms with Gasteiger partial charge in [0.2, 0.25) is 0 Å². The molecule has 0 atom stereocenters. The molecule has 200 valence electrons. The van der Waals surface area contributed by atoms with Gasteiger partial charge in [-0.3, -0.25) is 10.8 Å². The first kappa shape index (κ1) is 25.2. The Hall–Kier alpha value is -5.74. The summed E-state index contributed by atoms with van der Waals surface area (Å²) in [4.78, 5) is 2.29. The molecule has 0 heterocycles. The van der Waals surface area contributed by atoms with Gasteiger partial charge in [0.1, 0.15) is 5.71 Å². The first-order chi connectivity index (χ1) is 20.7. The Morgan fingerprint density at radius 3 is 1.98 bits per heavy atom. The first-order valence-electron chi connectivity index (χ1n) is 14.0. The Bertz CT molecular complexity index is 1960. The van der Waals surface area contributed by atoms with Crippen molar-refractivity contribution in [1.82, 2.24) is 0 Å². The van der Waals surface area contributed by atoms with Gasteiger partial charge in [-0.15, -0.1) is 0 Å². The van der Waals surface area contributed by atoms with Crippen LogP contribution in [-0.2, 0) is 0 Å². The lowest BCUT2D eigenvalue weighted by molar-refractivity contribution is 1.29. The number of fused-ring (bicyclic) bond motifs is 3. The summed E-state index contributed by atoms with van der Waals surface area (Å²) in [6.45, 7) is 0. The molecule has 0 radical (unpaired) electrons. The second-order valence-corrected chi connectivity index (χ2v) is 10.2. The first-order valence-corrected chi connectivity index (χ1v) is 14.0. The largest absolute Gasteiger partial charge is 0.310 e. The lowest BCUT2D eigenvalue weighted by Gasteiger charge is -2.27. The van der Waals surface area contributed by atoms with Crippen LogP contribution in [0.1, 0.15) is 11.1 Å². The van der Waals surface area contributed by atoms with E-state index in [4.69, 9.17) is 10.5 Å². The maximum atomic E-state index is 8.76. The number of para-hydroxylation sites is 2. The average molecular weight is 541 g/mol. The molecule has 0 unspecified atom stereocenters. The number of allylic oxidation sites excluding steroid dienone is 1.